The molecule has 136 valence electrons. The van der Waals surface area contributed by atoms with Crippen molar-refractivity contribution in [1.82, 2.24) is 14.1 Å². The van der Waals surface area contributed by atoms with E-state index in [4.69, 9.17) is 0 Å². The minimum atomic E-state index is -0.678. The van der Waals surface area contributed by atoms with Gasteiger partial charge in [0.25, 0.3) is 5.56 Å². The van der Waals surface area contributed by atoms with E-state index in [2.05, 4.69) is 20.9 Å². The highest BCUT2D eigenvalue weighted by molar-refractivity contribution is 5.96. The van der Waals surface area contributed by atoms with Gasteiger partial charge in [-0.2, -0.15) is 0 Å². The van der Waals surface area contributed by atoms with Crippen LogP contribution in [0.3, 0.4) is 0 Å². The summed E-state index contributed by atoms with van der Waals surface area (Å²) in [6, 6.07) is 14.3. The highest BCUT2D eigenvalue weighted by atomic mass is 16.2. The summed E-state index contributed by atoms with van der Waals surface area (Å²) in [5.74, 6) is -0.263. The highest BCUT2D eigenvalue weighted by Gasteiger charge is 2.18. The lowest BCUT2D eigenvalue weighted by Gasteiger charge is -2.15. The third kappa shape index (κ3) is 2.89. The molecule has 0 aliphatic carbocycles. The molecule has 0 aliphatic rings. The molecular formula is C21H20N4O2. The van der Waals surface area contributed by atoms with Crippen LogP contribution < -0.4 is 10.9 Å². The molecule has 1 unspecified atom stereocenters. The summed E-state index contributed by atoms with van der Waals surface area (Å²) in [4.78, 5) is 29.7. The number of rotatable bonds is 3. The number of fused-ring (bicyclic) bond motifs is 2. The van der Waals surface area contributed by atoms with E-state index >= 15 is 0 Å². The van der Waals surface area contributed by atoms with E-state index in [9.17, 15) is 9.59 Å². The third-order valence-electron chi connectivity index (χ3n) is 5.04. The van der Waals surface area contributed by atoms with E-state index in [0.717, 1.165) is 16.6 Å². The van der Waals surface area contributed by atoms with Crippen LogP contribution >= 0.6 is 0 Å². The number of para-hydroxylation sites is 1. The van der Waals surface area contributed by atoms with E-state index in [-0.39, 0.29) is 11.5 Å². The number of anilines is 1. The van der Waals surface area contributed by atoms with Gasteiger partial charge in [-0.1, -0.05) is 12.1 Å². The third-order valence-corrected chi connectivity index (χ3v) is 5.04. The molecule has 0 radical (unpaired) electrons. The minimum absolute atomic E-state index is 0.225. The van der Waals surface area contributed by atoms with Gasteiger partial charge in [0, 0.05) is 29.3 Å². The van der Waals surface area contributed by atoms with E-state index in [1.54, 1.807) is 25.1 Å². The quantitative estimate of drug-likeness (QED) is 0.609. The predicted molar refractivity (Wildman–Crippen MR) is 107 cm³/mol. The van der Waals surface area contributed by atoms with Crippen molar-refractivity contribution < 1.29 is 4.79 Å². The first-order valence-electron chi connectivity index (χ1n) is 8.78. The van der Waals surface area contributed by atoms with Crippen LogP contribution in [-0.2, 0) is 11.8 Å². The predicted octanol–water partition coefficient (Wildman–Crippen LogP) is 3.40. The van der Waals surface area contributed by atoms with Crippen LogP contribution in [0, 0.1) is 6.92 Å². The molecule has 0 bridgehead atoms. The minimum Gasteiger partial charge on any atom is -0.348 e. The first-order chi connectivity index (χ1) is 13.0. The zero-order valence-corrected chi connectivity index (χ0v) is 15.4. The lowest BCUT2D eigenvalue weighted by Crippen LogP contribution is -2.31. The van der Waals surface area contributed by atoms with Gasteiger partial charge >= 0.3 is 0 Å². The van der Waals surface area contributed by atoms with Crippen LogP contribution in [0.2, 0.25) is 0 Å². The lowest BCUT2D eigenvalue weighted by atomic mass is 10.2. The number of hydrogen-bond acceptors (Lipinski definition) is 3. The number of hydrogen-bond donors (Lipinski definition) is 1. The molecule has 27 heavy (non-hydrogen) atoms. The Morgan fingerprint density at radius 2 is 1.93 bits per heavy atom. The number of aryl methyl sites for hydroxylation is 2. The van der Waals surface area contributed by atoms with Crippen LogP contribution in [0.15, 0.2) is 59.7 Å². The second kappa shape index (κ2) is 6.39. The van der Waals surface area contributed by atoms with E-state index in [1.807, 2.05) is 38.2 Å². The Morgan fingerprint density at radius 1 is 1.15 bits per heavy atom. The molecule has 1 N–H and O–H groups in total. The average Bonchev–Trinajstić information content (AvgIpc) is 2.95. The Kier molecular flexibility index (Phi) is 4.03. The largest absolute Gasteiger partial charge is 0.348 e. The molecule has 2 aromatic heterocycles. The molecule has 0 spiro atoms. The molecule has 6 nitrogen and oxygen atoms in total. The maximum absolute atomic E-state index is 12.7. The topological polar surface area (TPSA) is 68.9 Å². The van der Waals surface area contributed by atoms with Crippen molar-refractivity contribution in [2.75, 3.05) is 5.32 Å². The second-order valence-electron chi connectivity index (χ2n) is 6.76. The van der Waals surface area contributed by atoms with Crippen LogP contribution in [0.5, 0.6) is 0 Å². The van der Waals surface area contributed by atoms with Crippen LogP contribution in [0.1, 0.15) is 18.7 Å². The number of nitrogens with zero attached hydrogens (tertiary/aromatic N) is 3. The van der Waals surface area contributed by atoms with Crippen molar-refractivity contribution in [3.63, 3.8) is 0 Å². The fraction of sp³-hybridized carbons (Fsp3) is 0.190. The van der Waals surface area contributed by atoms with Gasteiger partial charge in [-0.3, -0.25) is 14.2 Å². The van der Waals surface area contributed by atoms with E-state index in [1.165, 1.54) is 10.9 Å². The molecule has 2 aromatic carbocycles. The standard InChI is InChI=1S/C21H20N4O2/c1-13-10-15-11-16(8-9-19(15)24(13)3)23-20(26)14(2)25-12-22-18-7-5-4-6-17(18)21(25)27/h4-12,14H,1-3H3,(H,23,26). The molecule has 0 aliphatic heterocycles. The van der Waals surface area contributed by atoms with Crippen molar-refractivity contribution in [1.29, 1.82) is 0 Å². The zero-order chi connectivity index (χ0) is 19.1. The molecule has 0 fully saturated rings. The van der Waals surface area contributed by atoms with Gasteiger partial charge in [-0.05, 0) is 50.2 Å². The summed E-state index contributed by atoms with van der Waals surface area (Å²) < 4.78 is 3.47. The Morgan fingerprint density at radius 3 is 2.74 bits per heavy atom. The summed E-state index contributed by atoms with van der Waals surface area (Å²) in [5.41, 5.74) is 3.35. The first kappa shape index (κ1) is 17.0. The van der Waals surface area contributed by atoms with Crippen LogP contribution in [-0.4, -0.2) is 20.0 Å². The Bertz CT molecular complexity index is 1240. The molecule has 6 heteroatoms. The molecule has 0 saturated carbocycles. The van der Waals surface area contributed by atoms with Crippen molar-refractivity contribution in [2.24, 2.45) is 7.05 Å². The van der Waals surface area contributed by atoms with Crippen LogP contribution in [0.25, 0.3) is 21.8 Å². The lowest BCUT2D eigenvalue weighted by molar-refractivity contribution is -0.118. The van der Waals surface area contributed by atoms with Gasteiger partial charge in [0.2, 0.25) is 5.91 Å². The van der Waals surface area contributed by atoms with Crippen molar-refractivity contribution in [2.45, 2.75) is 19.9 Å². The monoisotopic (exact) mass is 360 g/mol. The van der Waals surface area contributed by atoms with Crippen molar-refractivity contribution >= 4 is 33.4 Å². The van der Waals surface area contributed by atoms with E-state index in [0.29, 0.717) is 16.6 Å². The summed E-state index contributed by atoms with van der Waals surface area (Å²) in [6.07, 6.45) is 1.43. The summed E-state index contributed by atoms with van der Waals surface area (Å²) in [6.45, 7) is 3.73. The number of aromatic nitrogens is 3. The number of benzene rings is 2. The average molecular weight is 360 g/mol. The normalized spacial score (nSPS) is 12.4. The molecular weight excluding hydrogens is 340 g/mol. The first-order valence-corrected chi connectivity index (χ1v) is 8.78. The van der Waals surface area contributed by atoms with Gasteiger partial charge in [0.15, 0.2) is 0 Å². The maximum atomic E-state index is 12.7. The maximum Gasteiger partial charge on any atom is 0.261 e. The molecule has 4 aromatic rings. The summed E-state index contributed by atoms with van der Waals surface area (Å²) >= 11 is 0. The number of carbonyl (C=O) groups is 1. The molecule has 2 heterocycles. The van der Waals surface area contributed by atoms with Gasteiger partial charge in [0.1, 0.15) is 6.04 Å². The molecule has 0 saturated heterocycles. The van der Waals surface area contributed by atoms with Crippen molar-refractivity contribution in [3.8, 4) is 0 Å². The van der Waals surface area contributed by atoms with Gasteiger partial charge in [-0.15, -0.1) is 0 Å². The summed E-state index contributed by atoms with van der Waals surface area (Å²) in [5, 5.41) is 4.46. The van der Waals surface area contributed by atoms with E-state index < -0.39 is 6.04 Å². The number of amides is 1. The molecule has 4 rings (SSSR count). The Balaban J connectivity index is 1.63. The smallest absolute Gasteiger partial charge is 0.261 e. The zero-order valence-electron chi connectivity index (χ0n) is 15.4. The van der Waals surface area contributed by atoms with Gasteiger partial charge < -0.3 is 9.88 Å². The fourth-order valence-electron chi connectivity index (χ4n) is 3.30. The summed E-state index contributed by atoms with van der Waals surface area (Å²) in [7, 11) is 2.01. The highest BCUT2D eigenvalue weighted by Crippen LogP contribution is 2.23. The van der Waals surface area contributed by atoms with Crippen molar-refractivity contribution in [3.05, 3.63) is 70.9 Å². The van der Waals surface area contributed by atoms with Gasteiger partial charge in [0.05, 0.1) is 17.2 Å². The van der Waals surface area contributed by atoms with Gasteiger partial charge in [-0.25, -0.2) is 4.98 Å². The Hall–Kier alpha value is -3.41. The number of nitrogens with one attached hydrogen (secondary N) is 1. The second-order valence-corrected chi connectivity index (χ2v) is 6.76. The fourth-order valence-corrected chi connectivity index (χ4v) is 3.30. The molecule has 1 amide bonds. The molecule has 1 atom stereocenters. The van der Waals surface area contributed by atoms with Crippen LogP contribution in [0.4, 0.5) is 5.69 Å². The SMILES string of the molecule is Cc1cc2cc(NC(=O)C(C)n3cnc4ccccc4c3=O)ccc2n1C. The Labute approximate surface area is 156 Å². The number of carbonyl (C=O) groups excluding carboxylic acids is 1.